The highest BCUT2D eigenvalue weighted by atomic mass is 16.5. The summed E-state index contributed by atoms with van der Waals surface area (Å²) in [4.78, 5) is 36.1. The molecule has 1 amide bonds. The van der Waals surface area contributed by atoms with Gasteiger partial charge in [-0.05, 0) is 41.7 Å². The van der Waals surface area contributed by atoms with Gasteiger partial charge in [-0.3, -0.25) is 4.79 Å². The normalized spacial score (nSPS) is 10.7. The summed E-state index contributed by atoms with van der Waals surface area (Å²) in [6.45, 7) is 0.695. The van der Waals surface area contributed by atoms with E-state index < -0.39 is 11.7 Å². The van der Waals surface area contributed by atoms with E-state index in [4.69, 9.17) is 13.9 Å². The highest BCUT2D eigenvalue weighted by Gasteiger charge is 2.11. The maximum absolute atomic E-state index is 12.3. The first-order chi connectivity index (χ1) is 17.6. The zero-order valence-corrected chi connectivity index (χ0v) is 19.8. The third-order valence-electron chi connectivity index (χ3n) is 5.57. The van der Waals surface area contributed by atoms with Crippen LogP contribution in [0.5, 0.6) is 5.75 Å². The molecule has 7 heteroatoms. The number of esters is 1. The average Bonchev–Trinajstić information content (AvgIpc) is 2.90. The summed E-state index contributed by atoms with van der Waals surface area (Å²) < 4.78 is 15.9. The van der Waals surface area contributed by atoms with E-state index in [1.54, 1.807) is 18.2 Å². The zero-order valence-electron chi connectivity index (χ0n) is 19.8. The third-order valence-corrected chi connectivity index (χ3v) is 5.57. The van der Waals surface area contributed by atoms with Crippen LogP contribution in [-0.4, -0.2) is 18.6 Å². The van der Waals surface area contributed by atoms with Crippen molar-refractivity contribution in [1.29, 1.82) is 0 Å². The van der Waals surface area contributed by atoms with Gasteiger partial charge in [0.2, 0.25) is 0 Å². The predicted molar refractivity (Wildman–Crippen MR) is 137 cm³/mol. The van der Waals surface area contributed by atoms with E-state index >= 15 is 0 Å². The number of nitrogens with one attached hydrogen (secondary N) is 1. The molecule has 1 N–H and O–H groups in total. The molecule has 0 radical (unpaired) electrons. The Hall–Kier alpha value is -4.39. The molecule has 0 saturated carbocycles. The van der Waals surface area contributed by atoms with Crippen molar-refractivity contribution in [2.75, 3.05) is 6.54 Å². The largest absolute Gasteiger partial charge is 0.445 e. The van der Waals surface area contributed by atoms with Crippen molar-refractivity contribution in [2.45, 2.75) is 32.3 Å². The predicted octanol–water partition coefficient (Wildman–Crippen LogP) is 5.85. The molecule has 1 heterocycles. The van der Waals surface area contributed by atoms with E-state index in [2.05, 4.69) is 5.32 Å². The Morgan fingerprint density at radius 1 is 0.833 bits per heavy atom. The van der Waals surface area contributed by atoms with Crippen LogP contribution in [0, 0.1) is 0 Å². The second-order valence-corrected chi connectivity index (χ2v) is 8.28. The van der Waals surface area contributed by atoms with Crippen molar-refractivity contribution in [2.24, 2.45) is 0 Å². The van der Waals surface area contributed by atoms with E-state index in [0.29, 0.717) is 24.3 Å². The second-order valence-electron chi connectivity index (χ2n) is 8.28. The molecule has 0 spiro atoms. The number of amides is 1. The molecule has 184 valence electrons. The van der Waals surface area contributed by atoms with Crippen LogP contribution in [0.3, 0.4) is 0 Å². The fourth-order valence-electron chi connectivity index (χ4n) is 3.78. The lowest BCUT2D eigenvalue weighted by atomic mass is 10.0. The van der Waals surface area contributed by atoms with Crippen LogP contribution in [0.15, 0.2) is 94.1 Å². The molecular formula is C29H27NO6. The molecule has 0 aliphatic rings. The van der Waals surface area contributed by atoms with Crippen molar-refractivity contribution in [1.82, 2.24) is 5.32 Å². The molecule has 0 fully saturated rings. The Balaban J connectivity index is 1.20. The van der Waals surface area contributed by atoms with Crippen LogP contribution in [-0.2, 0) is 16.1 Å². The molecule has 4 rings (SSSR count). The molecule has 4 aromatic rings. The minimum Gasteiger partial charge on any atom is -0.445 e. The SMILES string of the molecule is O=C(CCCCCNC(=O)OCc1ccccc1)Oc1ccc2c(-c3ccccc3)cc(=O)oc2c1. The number of ether oxygens (including phenoxy) is 2. The van der Waals surface area contributed by atoms with E-state index in [0.717, 1.165) is 34.9 Å². The summed E-state index contributed by atoms with van der Waals surface area (Å²) in [6.07, 6.45) is 1.87. The van der Waals surface area contributed by atoms with Gasteiger partial charge in [0, 0.05) is 30.5 Å². The lowest BCUT2D eigenvalue weighted by Gasteiger charge is -2.09. The van der Waals surface area contributed by atoms with Gasteiger partial charge in [-0.25, -0.2) is 9.59 Å². The minimum absolute atomic E-state index is 0.226. The van der Waals surface area contributed by atoms with Gasteiger partial charge in [0.05, 0.1) is 0 Å². The van der Waals surface area contributed by atoms with Crippen LogP contribution in [0.25, 0.3) is 22.1 Å². The lowest BCUT2D eigenvalue weighted by molar-refractivity contribution is -0.134. The topological polar surface area (TPSA) is 94.8 Å². The third kappa shape index (κ3) is 7.06. The number of rotatable bonds is 10. The fourth-order valence-corrected chi connectivity index (χ4v) is 3.78. The van der Waals surface area contributed by atoms with Crippen molar-refractivity contribution in [3.63, 3.8) is 0 Å². The number of hydrogen-bond donors (Lipinski definition) is 1. The maximum atomic E-state index is 12.3. The van der Waals surface area contributed by atoms with Gasteiger partial charge in [0.1, 0.15) is 17.9 Å². The maximum Gasteiger partial charge on any atom is 0.407 e. The molecule has 36 heavy (non-hydrogen) atoms. The van der Waals surface area contributed by atoms with E-state index in [-0.39, 0.29) is 19.0 Å². The average molecular weight is 486 g/mol. The van der Waals surface area contributed by atoms with E-state index in [1.807, 2.05) is 60.7 Å². The van der Waals surface area contributed by atoms with Gasteiger partial charge in [0.25, 0.3) is 0 Å². The molecule has 0 atom stereocenters. The molecule has 0 unspecified atom stereocenters. The van der Waals surface area contributed by atoms with Gasteiger partial charge >= 0.3 is 17.7 Å². The number of fused-ring (bicyclic) bond motifs is 1. The highest BCUT2D eigenvalue weighted by Crippen LogP contribution is 2.29. The Morgan fingerprint density at radius 3 is 2.36 bits per heavy atom. The van der Waals surface area contributed by atoms with Crippen LogP contribution in [0.1, 0.15) is 31.2 Å². The summed E-state index contributed by atoms with van der Waals surface area (Å²) in [5.74, 6) is -0.0465. The molecule has 7 nitrogen and oxygen atoms in total. The Kier molecular flexibility index (Phi) is 8.48. The number of benzene rings is 3. The van der Waals surface area contributed by atoms with Gasteiger partial charge in [-0.1, -0.05) is 67.1 Å². The van der Waals surface area contributed by atoms with Gasteiger partial charge in [-0.2, -0.15) is 0 Å². The van der Waals surface area contributed by atoms with E-state index in [9.17, 15) is 14.4 Å². The summed E-state index contributed by atoms with van der Waals surface area (Å²) in [5.41, 5.74) is 2.48. The lowest BCUT2D eigenvalue weighted by Crippen LogP contribution is -2.25. The first kappa shape index (κ1) is 24.7. The minimum atomic E-state index is -0.470. The standard InChI is InChI=1S/C29H27NO6/c31-27(14-8-3-9-17-30-29(33)34-20-21-10-4-1-5-11-21)35-23-15-16-24-25(22-12-6-2-7-13-22)19-28(32)36-26(24)18-23/h1-2,4-7,10-13,15-16,18-19H,3,8-9,14,17,20H2,(H,30,33). The van der Waals surface area contributed by atoms with Gasteiger partial charge in [0.15, 0.2) is 0 Å². The Bertz CT molecular complexity index is 1370. The second kappa shape index (κ2) is 12.4. The van der Waals surface area contributed by atoms with E-state index in [1.165, 1.54) is 6.07 Å². The Labute approximate surface area is 208 Å². The highest BCUT2D eigenvalue weighted by molar-refractivity contribution is 5.94. The molecular weight excluding hydrogens is 458 g/mol. The number of carbonyl (C=O) groups excluding carboxylic acids is 2. The van der Waals surface area contributed by atoms with Crippen molar-refractivity contribution >= 4 is 23.0 Å². The number of carbonyl (C=O) groups is 2. The number of alkyl carbamates (subject to hydrolysis) is 1. The monoisotopic (exact) mass is 485 g/mol. The summed E-state index contributed by atoms with van der Waals surface area (Å²) in [7, 11) is 0. The van der Waals surface area contributed by atoms with Crippen molar-refractivity contribution in [3.05, 3.63) is 101 Å². The summed E-state index contributed by atoms with van der Waals surface area (Å²) in [6, 6.07) is 25.5. The summed E-state index contributed by atoms with van der Waals surface area (Å²) >= 11 is 0. The molecule has 0 aliphatic heterocycles. The van der Waals surface area contributed by atoms with Gasteiger partial charge in [-0.15, -0.1) is 0 Å². The van der Waals surface area contributed by atoms with Crippen LogP contribution >= 0.6 is 0 Å². The summed E-state index contributed by atoms with van der Waals surface area (Å²) in [5, 5.41) is 3.47. The van der Waals surface area contributed by atoms with Crippen molar-refractivity contribution < 1.29 is 23.5 Å². The smallest absolute Gasteiger partial charge is 0.407 e. The first-order valence-electron chi connectivity index (χ1n) is 11.9. The van der Waals surface area contributed by atoms with Crippen LogP contribution in [0.2, 0.25) is 0 Å². The molecule has 0 aliphatic carbocycles. The molecule has 0 bridgehead atoms. The fraction of sp³-hybridized carbons (Fsp3) is 0.207. The quantitative estimate of drug-likeness (QED) is 0.131. The molecule has 3 aromatic carbocycles. The van der Waals surface area contributed by atoms with Crippen LogP contribution in [0.4, 0.5) is 4.79 Å². The molecule has 0 saturated heterocycles. The first-order valence-corrected chi connectivity index (χ1v) is 11.9. The number of unbranched alkanes of at least 4 members (excludes halogenated alkanes) is 2. The van der Waals surface area contributed by atoms with Gasteiger partial charge < -0.3 is 19.2 Å². The Morgan fingerprint density at radius 2 is 1.58 bits per heavy atom. The zero-order chi connectivity index (χ0) is 25.2. The molecule has 1 aromatic heterocycles. The van der Waals surface area contributed by atoms with Crippen molar-refractivity contribution in [3.8, 4) is 16.9 Å². The van der Waals surface area contributed by atoms with Crippen LogP contribution < -0.4 is 15.7 Å². The number of hydrogen-bond acceptors (Lipinski definition) is 6.